The van der Waals surface area contributed by atoms with E-state index in [1.54, 1.807) is 0 Å². The molecule has 0 radical (unpaired) electrons. The van der Waals surface area contributed by atoms with Gasteiger partial charge in [0.05, 0.1) is 5.69 Å². The summed E-state index contributed by atoms with van der Waals surface area (Å²) >= 11 is 0. The van der Waals surface area contributed by atoms with E-state index in [2.05, 4.69) is 58.7 Å². The molecule has 0 unspecified atom stereocenters. The van der Waals surface area contributed by atoms with Crippen molar-refractivity contribution in [3.05, 3.63) is 71.8 Å². The van der Waals surface area contributed by atoms with Gasteiger partial charge in [-0.3, -0.25) is 4.79 Å². The first-order chi connectivity index (χ1) is 11.6. The lowest BCUT2D eigenvalue weighted by molar-refractivity contribution is -0.116. The molecule has 1 aliphatic heterocycles. The lowest BCUT2D eigenvalue weighted by atomic mass is 9.83. The Morgan fingerprint density at radius 2 is 1.71 bits per heavy atom. The molecule has 3 aromatic carbocycles. The zero-order valence-electron chi connectivity index (χ0n) is 13.9. The SMILES string of the molecule is CN(C)c1ccc([C@@H]2CC(=O)Nc3c2ccc2ccccc32)cc1. The van der Waals surface area contributed by atoms with Crippen molar-refractivity contribution in [2.75, 3.05) is 24.3 Å². The van der Waals surface area contributed by atoms with E-state index in [0.29, 0.717) is 6.42 Å². The molecule has 0 fully saturated rings. The van der Waals surface area contributed by atoms with Crippen molar-refractivity contribution in [1.82, 2.24) is 0 Å². The second-order valence-corrected chi connectivity index (χ2v) is 6.54. The topological polar surface area (TPSA) is 32.3 Å². The molecule has 1 aliphatic rings. The van der Waals surface area contributed by atoms with Crippen LogP contribution >= 0.6 is 0 Å². The molecule has 3 nitrogen and oxygen atoms in total. The minimum absolute atomic E-state index is 0.0838. The van der Waals surface area contributed by atoms with E-state index in [0.717, 1.165) is 22.1 Å². The first-order valence-corrected chi connectivity index (χ1v) is 8.22. The molecule has 0 aliphatic carbocycles. The molecule has 0 aromatic heterocycles. The summed E-state index contributed by atoms with van der Waals surface area (Å²) in [4.78, 5) is 14.4. The van der Waals surface area contributed by atoms with E-state index < -0.39 is 0 Å². The van der Waals surface area contributed by atoms with Gasteiger partial charge in [0, 0.05) is 37.5 Å². The Kier molecular flexibility index (Phi) is 3.49. The summed E-state index contributed by atoms with van der Waals surface area (Å²) in [5.74, 6) is 0.190. The van der Waals surface area contributed by atoms with E-state index in [9.17, 15) is 4.79 Å². The highest BCUT2D eigenvalue weighted by Crippen LogP contribution is 2.41. The molecule has 0 saturated heterocycles. The van der Waals surface area contributed by atoms with Crippen molar-refractivity contribution in [3.8, 4) is 0 Å². The van der Waals surface area contributed by atoms with Gasteiger partial charge in [0.25, 0.3) is 0 Å². The third-order valence-corrected chi connectivity index (χ3v) is 4.80. The number of benzene rings is 3. The van der Waals surface area contributed by atoms with Gasteiger partial charge in [-0.15, -0.1) is 0 Å². The molecule has 1 amide bonds. The van der Waals surface area contributed by atoms with E-state index >= 15 is 0 Å². The van der Waals surface area contributed by atoms with Gasteiger partial charge in [-0.1, -0.05) is 48.5 Å². The standard InChI is InChI=1S/C21H20N2O/c1-23(2)16-10-7-15(8-11-16)19-13-20(24)22-21-17-6-4-3-5-14(17)9-12-18(19)21/h3-12,19H,13H2,1-2H3,(H,22,24)/t19-/m0/s1. The average Bonchev–Trinajstić information content (AvgIpc) is 2.61. The summed E-state index contributed by atoms with van der Waals surface area (Å²) in [6, 6.07) is 21.0. The fourth-order valence-electron chi connectivity index (χ4n) is 3.51. The van der Waals surface area contributed by atoms with Crippen LogP contribution in [-0.4, -0.2) is 20.0 Å². The second kappa shape index (κ2) is 5.68. The lowest BCUT2D eigenvalue weighted by Gasteiger charge is -2.27. The Morgan fingerprint density at radius 3 is 2.46 bits per heavy atom. The van der Waals surface area contributed by atoms with Crippen LogP contribution in [0.25, 0.3) is 10.8 Å². The summed E-state index contributed by atoms with van der Waals surface area (Å²) in [5, 5.41) is 5.35. The van der Waals surface area contributed by atoms with Gasteiger partial charge >= 0.3 is 0 Å². The van der Waals surface area contributed by atoms with E-state index in [1.807, 2.05) is 26.2 Å². The zero-order chi connectivity index (χ0) is 16.7. The van der Waals surface area contributed by atoms with Crippen LogP contribution in [0.2, 0.25) is 0 Å². The Bertz CT molecular complexity index is 913. The van der Waals surface area contributed by atoms with Crippen LogP contribution in [0.5, 0.6) is 0 Å². The maximum Gasteiger partial charge on any atom is 0.225 e. The van der Waals surface area contributed by atoms with Crippen LogP contribution in [0, 0.1) is 0 Å². The fourth-order valence-corrected chi connectivity index (χ4v) is 3.51. The van der Waals surface area contributed by atoms with Crippen LogP contribution in [0.4, 0.5) is 11.4 Å². The molecule has 1 heterocycles. The number of carbonyl (C=O) groups excluding carboxylic acids is 1. The van der Waals surface area contributed by atoms with Crippen molar-refractivity contribution >= 4 is 28.1 Å². The molecular weight excluding hydrogens is 296 g/mol. The largest absolute Gasteiger partial charge is 0.378 e. The molecule has 0 bridgehead atoms. The fraction of sp³-hybridized carbons (Fsp3) is 0.190. The quantitative estimate of drug-likeness (QED) is 0.761. The van der Waals surface area contributed by atoms with Crippen molar-refractivity contribution in [2.24, 2.45) is 0 Å². The summed E-state index contributed by atoms with van der Waals surface area (Å²) in [6.07, 6.45) is 0.493. The molecule has 3 aromatic rings. The number of nitrogens with zero attached hydrogens (tertiary/aromatic N) is 1. The smallest absolute Gasteiger partial charge is 0.225 e. The molecule has 0 spiro atoms. The number of amides is 1. The summed E-state index contributed by atoms with van der Waals surface area (Å²) in [5.41, 5.74) is 4.52. The van der Waals surface area contributed by atoms with Crippen LogP contribution in [0.3, 0.4) is 0 Å². The van der Waals surface area contributed by atoms with Gasteiger partial charge in [0.1, 0.15) is 0 Å². The van der Waals surface area contributed by atoms with Crippen molar-refractivity contribution < 1.29 is 4.79 Å². The van der Waals surface area contributed by atoms with Gasteiger partial charge in [-0.2, -0.15) is 0 Å². The first kappa shape index (κ1) is 14.8. The first-order valence-electron chi connectivity index (χ1n) is 8.22. The zero-order valence-corrected chi connectivity index (χ0v) is 13.9. The highest BCUT2D eigenvalue weighted by molar-refractivity contribution is 6.06. The lowest BCUT2D eigenvalue weighted by Crippen LogP contribution is -2.23. The third kappa shape index (κ3) is 2.42. The molecular formula is C21H20N2O. The van der Waals surface area contributed by atoms with Crippen LogP contribution in [0.15, 0.2) is 60.7 Å². The minimum atomic E-state index is 0.0838. The van der Waals surface area contributed by atoms with Gasteiger partial charge in [0.15, 0.2) is 0 Å². The summed E-state index contributed by atoms with van der Waals surface area (Å²) in [6.45, 7) is 0. The maximum atomic E-state index is 12.3. The number of fused-ring (bicyclic) bond motifs is 3. The number of hydrogen-bond acceptors (Lipinski definition) is 2. The van der Waals surface area contributed by atoms with Gasteiger partial charge < -0.3 is 10.2 Å². The van der Waals surface area contributed by atoms with Crippen LogP contribution in [0.1, 0.15) is 23.5 Å². The number of rotatable bonds is 2. The highest BCUT2D eigenvalue weighted by atomic mass is 16.1. The van der Waals surface area contributed by atoms with E-state index in [-0.39, 0.29) is 11.8 Å². The van der Waals surface area contributed by atoms with Gasteiger partial charge in [-0.25, -0.2) is 0 Å². The van der Waals surface area contributed by atoms with E-state index in [4.69, 9.17) is 0 Å². The highest BCUT2D eigenvalue weighted by Gasteiger charge is 2.27. The average molecular weight is 316 g/mol. The third-order valence-electron chi connectivity index (χ3n) is 4.80. The minimum Gasteiger partial charge on any atom is -0.378 e. The second-order valence-electron chi connectivity index (χ2n) is 6.54. The maximum absolute atomic E-state index is 12.3. The van der Waals surface area contributed by atoms with E-state index in [1.165, 1.54) is 11.1 Å². The Morgan fingerprint density at radius 1 is 0.958 bits per heavy atom. The predicted molar refractivity (Wildman–Crippen MR) is 99.8 cm³/mol. The number of carbonyl (C=O) groups is 1. The molecule has 24 heavy (non-hydrogen) atoms. The van der Waals surface area contributed by atoms with Crippen molar-refractivity contribution in [3.63, 3.8) is 0 Å². The Labute approximate surface area is 141 Å². The Hall–Kier alpha value is -2.81. The molecule has 120 valence electrons. The summed E-state index contributed by atoms with van der Waals surface area (Å²) in [7, 11) is 4.06. The van der Waals surface area contributed by atoms with Gasteiger partial charge in [-0.05, 0) is 28.6 Å². The normalized spacial score (nSPS) is 16.6. The number of hydrogen-bond donors (Lipinski definition) is 1. The van der Waals surface area contributed by atoms with Crippen molar-refractivity contribution in [2.45, 2.75) is 12.3 Å². The summed E-state index contributed by atoms with van der Waals surface area (Å²) < 4.78 is 0. The van der Waals surface area contributed by atoms with Gasteiger partial charge in [0.2, 0.25) is 5.91 Å². The molecule has 1 N–H and O–H groups in total. The number of anilines is 2. The molecule has 4 rings (SSSR count). The Balaban J connectivity index is 1.84. The molecule has 0 saturated carbocycles. The molecule has 1 atom stereocenters. The predicted octanol–water partition coefficient (Wildman–Crippen LogP) is 4.38. The van der Waals surface area contributed by atoms with Crippen LogP contribution < -0.4 is 10.2 Å². The molecule has 3 heteroatoms. The van der Waals surface area contributed by atoms with Crippen LogP contribution in [-0.2, 0) is 4.79 Å². The van der Waals surface area contributed by atoms with Crippen molar-refractivity contribution in [1.29, 1.82) is 0 Å². The monoisotopic (exact) mass is 316 g/mol. The number of nitrogens with one attached hydrogen (secondary N) is 1.